The first-order valence-electron chi connectivity index (χ1n) is 11.3. The topological polar surface area (TPSA) is 95.9 Å². The summed E-state index contributed by atoms with van der Waals surface area (Å²) in [7, 11) is 0. The Labute approximate surface area is 208 Å². The van der Waals surface area contributed by atoms with Crippen LogP contribution in [0.1, 0.15) is 40.7 Å². The van der Waals surface area contributed by atoms with Gasteiger partial charge in [-0.3, -0.25) is 14.9 Å². The quantitative estimate of drug-likeness (QED) is 0.424. The Morgan fingerprint density at radius 1 is 1.00 bits per heavy atom. The maximum Gasteiger partial charge on any atom is 0.411 e. The molecule has 1 aliphatic rings. The molecule has 0 unspecified atom stereocenters. The van der Waals surface area contributed by atoms with Gasteiger partial charge in [-0.25, -0.2) is 4.79 Å². The van der Waals surface area contributed by atoms with Crippen molar-refractivity contribution in [2.45, 2.75) is 19.3 Å². The van der Waals surface area contributed by atoms with Crippen molar-refractivity contribution in [3.63, 3.8) is 0 Å². The number of halogens is 1. The number of carbonyl (C=O) groups is 3. The van der Waals surface area contributed by atoms with Crippen LogP contribution >= 0.6 is 11.6 Å². The van der Waals surface area contributed by atoms with Crippen LogP contribution in [-0.4, -0.2) is 47.7 Å². The van der Waals surface area contributed by atoms with E-state index in [1.807, 2.05) is 36.4 Å². The van der Waals surface area contributed by atoms with Crippen molar-refractivity contribution in [3.8, 4) is 11.1 Å². The molecule has 0 aliphatic heterocycles. The summed E-state index contributed by atoms with van der Waals surface area (Å²) >= 11 is 6.32. The second kappa shape index (κ2) is 10.6. The second-order valence-electron chi connectivity index (χ2n) is 8.17. The van der Waals surface area contributed by atoms with Crippen LogP contribution in [0.5, 0.6) is 0 Å². The van der Waals surface area contributed by atoms with Gasteiger partial charge in [0.2, 0.25) is 0 Å². The number of benzene rings is 3. The SMILES string of the molecule is CCN(CCC(=O)O)C(=O)c1ccc(NC(=O)OCC2c3ccccc3-c3ccccc32)c(Cl)c1. The van der Waals surface area contributed by atoms with Crippen molar-refractivity contribution < 1.29 is 24.2 Å². The van der Waals surface area contributed by atoms with Crippen LogP contribution in [0.4, 0.5) is 10.5 Å². The maximum atomic E-state index is 12.7. The van der Waals surface area contributed by atoms with Gasteiger partial charge in [0, 0.05) is 24.6 Å². The van der Waals surface area contributed by atoms with Gasteiger partial charge in [-0.1, -0.05) is 60.1 Å². The molecule has 0 spiro atoms. The molecule has 0 saturated carbocycles. The maximum absolute atomic E-state index is 12.7. The lowest BCUT2D eigenvalue weighted by atomic mass is 9.98. The van der Waals surface area contributed by atoms with Gasteiger partial charge in [-0.05, 0) is 47.4 Å². The number of amides is 2. The molecule has 180 valence electrons. The summed E-state index contributed by atoms with van der Waals surface area (Å²) in [5.41, 5.74) is 5.14. The first kappa shape index (κ1) is 24.3. The fraction of sp³-hybridized carbons (Fsp3) is 0.222. The minimum absolute atomic E-state index is 0.0607. The lowest BCUT2D eigenvalue weighted by Crippen LogP contribution is -2.32. The summed E-state index contributed by atoms with van der Waals surface area (Å²) in [4.78, 5) is 37.5. The highest BCUT2D eigenvalue weighted by Gasteiger charge is 2.29. The predicted molar refractivity (Wildman–Crippen MR) is 134 cm³/mol. The van der Waals surface area contributed by atoms with Crippen molar-refractivity contribution in [1.82, 2.24) is 4.90 Å². The lowest BCUT2D eigenvalue weighted by Gasteiger charge is -2.20. The number of aliphatic carboxylic acids is 1. The van der Waals surface area contributed by atoms with Gasteiger partial charge in [0.15, 0.2) is 0 Å². The first-order chi connectivity index (χ1) is 16.9. The van der Waals surface area contributed by atoms with E-state index in [-0.39, 0.29) is 36.4 Å². The zero-order valence-corrected chi connectivity index (χ0v) is 19.9. The fourth-order valence-electron chi connectivity index (χ4n) is 4.31. The number of nitrogens with one attached hydrogen (secondary N) is 1. The van der Waals surface area contributed by atoms with Crippen molar-refractivity contribution in [3.05, 3.63) is 88.4 Å². The Morgan fingerprint density at radius 3 is 2.20 bits per heavy atom. The predicted octanol–water partition coefficient (Wildman–Crippen LogP) is 5.64. The highest BCUT2D eigenvalue weighted by Crippen LogP contribution is 2.44. The summed E-state index contributed by atoms with van der Waals surface area (Å²) in [5, 5.41) is 11.7. The van der Waals surface area contributed by atoms with Crippen molar-refractivity contribution >= 4 is 35.3 Å². The molecule has 0 fully saturated rings. The summed E-state index contributed by atoms with van der Waals surface area (Å²) < 4.78 is 5.55. The molecule has 0 atom stereocenters. The average molecular weight is 493 g/mol. The number of rotatable bonds is 8. The molecule has 0 saturated heterocycles. The molecule has 0 aromatic heterocycles. The molecular weight excluding hydrogens is 468 g/mol. The number of carboxylic acid groups (broad SMARTS) is 1. The minimum Gasteiger partial charge on any atom is -0.481 e. The molecule has 35 heavy (non-hydrogen) atoms. The highest BCUT2D eigenvalue weighted by atomic mass is 35.5. The van der Waals surface area contributed by atoms with Crippen LogP contribution in [0.25, 0.3) is 11.1 Å². The van der Waals surface area contributed by atoms with Crippen LogP contribution in [0.2, 0.25) is 5.02 Å². The van der Waals surface area contributed by atoms with E-state index in [0.717, 1.165) is 22.3 Å². The molecule has 4 rings (SSSR count). The van der Waals surface area contributed by atoms with E-state index < -0.39 is 12.1 Å². The largest absolute Gasteiger partial charge is 0.481 e. The van der Waals surface area contributed by atoms with E-state index >= 15 is 0 Å². The standard InChI is InChI=1S/C27H25ClN2O5/c1-2-30(14-13-25(31)32)26(33)17-11-12-24(23(28)15-17)29-27(34)35-16-22-20-9-5-3-7-18(20)19-8-4-6-10-21(19)22/h3-12,15,22H,2,13-14,16H2,1H3,(H,29,34)(H,31,32). The van der Waals surface area contributed by atoms with Crippen LogP contribution in [-0.2, 0) is 9.53 Å². The van der Waals surface area contributed by atoms with Gasteiger partial charge in [0.1, 0.15) is 6.61 Å². The molecule has 2 N–H and O–H groups in total. The Bertz CT molecular complexity index is 1230. The lowest BCUT2D eigenvalue weighted by molar-refractivity contribution is -0.137. The van der Waals surface area contributed by atoms with Crippen molar-refractivity contribution in [2.24, 2.45) is 0 Å². The van der Waals surface area contributed by atoms with E-state index in [9.17, 15) is 14.4 Å². The first-order valence-corrected chi connectivity index (χ1v) is 11.7. The molecule has 7 nitrogen and oxygen atoms in total. The van der Waals surface area contributed by atoms with E-state index in [2.05, 4.69) is 17.4 Å². The molecule has 3 aromatic carbocycles. The Morgan fingerprint density at radius 2 is 1.63 bits per heavy atom. The zero-order chi connectivity index (χ0) is 24.9. The van der Waals surface area contributed by atoms with Crippen LogP contribution < -0.4 is 5.32 Å². The third-order valence-electron chi connectivity index (χ3n) is 6.06. The normalized spacial score (nSPS) is 11.9. The van der Waals surface area contributed by atoms with Crippen LogP contribution in [0.15, 0.2) is 66.7 Å². The molecule has 0 heterocycles. The van der Waals surface area contributed by atoms with E-state index in [0.29, 0.717) is 17.8 Å². The number of hydrogen-bond donors (Lipinski definition) is 2. The van der Waals surface area contributed by atoms with Crippen molar-refractivity contribution in [2.75, 3.05) is 25.0 Å². The molecule has 3 aromatic rings. The number of fused-ring (bicyclic) bond motifs is 3. The van der Waals surface area contributed by atoms with Gasteiger partial charge < -0.3 is 14.7 Å². The number of ether oxygens (including phenoxy) is 1. The molecule has 1 aliphatic carbocycles. The molecule has 2 amide bonds. The average Bonchev–Trinajstić information content (AvgIpc) is 3.18. The molecule has 0 bridgehead atoms. The smallest absolute Gasteiger partial charge is 0.411 e. The van der Waals surface area contributed by atoms with Gasteiger partial charge in [0.25, 0.3) is 5.91 Å². The molecule has 8 heteroatoms. The summed E-state index contributed by atoms with van der Waals surface area (Å²) in [6, 6.07) is 20.7. The van der Waals surface area contributed by atoms with Crippen molar-refractivity contribution in [1.29, 1.82) is 0 Å². The Hall–Kier alpha value is -3.84. The summed E-state index contributed by atoms with van der Waals surface area (Å²) in [6.45, 7) is 2.41. The van der Waals surface area contributed by atoms with Gasteiger partial charge in [-0.15, -0.1) is 0 Å². The highest BCUT2D eigenvalue weighted by molar-refractivity contribution is 6.34. The van der Waals surface area contributed by atoms with Crippen LogP contribution in [0, 0.1) is 0 Å². The number of carbonyl (C=O) groups excluding carboxylic acids is 2. The third kappa shape index (κ3) is 5.30. The number of hydrogen-bond acceptors (Lipinski definition) is 4. The van der Waals surface area contributed by atoms with Crippen LogP contribution in [0.3, 0.4) is 0 Å². The Kier molecular flexibility index (Phi) is 7.36. The van der Waals surface area contributed by atoms with E-state index in [1.54, 1.807) is 6.92 Å². The second-order valence-corrected chi connectivity index (χ2v) is 8.58. The minimum atomic E-state index is -0.975. The number of nitrogens with zero attached hydrogens (tertiary/aromatic N) is 1. The number of anilines is 1. The summed E-state index contributed by atoms with van der Waals surface area (Å²) in [5.74, 6) is -1.37. The van der Waals surface area contributed by atoms with E-state index in [4.69, 9.17) is 21.4 Å². The van der Waals surface area contributed by atoms with Gasteiger partial charge in [-0.2, -0.15) is 0 Å². The zero-order valence-electron chi connectivity index (χ0n) is 19.2. The number of carboxylic acids is 1. The summed E-state index contributed by atoms with van der Waals surface area (Å²) in [6.07, 6.45) is -0.793. The van der Waals surface area contributed by atoms with Gasteiger partial charge in [0.05, 0.1) is 17.1 Å². The molecule has 0 radical (unpaired) electrons. The monoisotopic (exact) mass is 492 g/mol. The Balaban J connectivity index is 1.40. The van der Waals surface area contributed by atoms with Gasteiger partial charge >= 0.3 is 12.1 Å². The fourth-order valence-corrected chi connectivity index (χ4v) is 4.54. The third-order valence-corrected chi connectivity index (χ3v) is 6.37. The van der Waals surface area contributed by atoms with E-state index in [1.165, 1.54) is 23.1 Å². The molecular formula is C27H25ClN2O5.